The van der Waals surface area contributed by atoms with E-state index >= 15 is 0 Å². The third kappa shape index (κ3) is 6.79. The average molecular weight is 215 g/mol. The van der Waals surface area contributed by atoms with E-state index in [4.69, 9.17) is 5.26 Å². The Balaban J connectivity index is 3.40. The first-order valence-corrected chi connectivity index (χ1v) is 5.73. The molecule has 0 fully saturated rings. The van der Waals surface area contributed by atoms with Crippen LogP contribution in [0.4, 0.5) is 0 Å². The first-order valence-electron chi connectivity index (χ1n) is 4.57. The van der Waals surface area contributed by atoms with Crippen LogP contribution >= 0.6 is 11.8 Å². The fourth-order valence-electron chi connectivity index (χ4n) is 0.743. The van der Waals surface area contributed by atoms with Gasteiger partial charge in [-0.15, -0.1) is 0 Å². The van der Waals surface area contributed by atoms with Crippen molar-refractivity contribution in [2.75, 3.05) is 18.6 Å². The van der Waals surface area contributed by atoms with E-state index in [0.717, 1.165) is 17.9 Å². The van der Waals surface area contributed by atoms with Gasteiger partial charge in [-0.25, -0.2) is 0 Å². The number of thioether (sulfide) groups is 1. The van der Waals surface area contributed by atoms with Gasteiger partial charge in [0.05, 0.1) is 25.0 Å². The maximum Gasteiger partial charge on any atom is 0.306 e. The van der Waals surface area contributed by atoms with Gasteiger partial charge in [-0.1, -0.05) is 0 Å². The number of nitriles is 1. The third-order valence-corrected chi connectivity index (χ3v) is 2.84. The molecule has 0 heterocycles. The van der Waals surface area contributed by atoms with Crippen LogP contribution in [0.5, 0.6) is 0 Å². The lowest BCUT2D eigenvalue weighted by Crippen LogP contribution is -2.09. The van der Waals surface area contributed by atoms with Crippen molar-refractivity contribution in [1.29, 1.82) is 5.26 Å². The number of carbonyl (C=O) groups excluding carboxylic acids is 1. The summed E-state index contributed by atoms with van der Waals surface area (Å²) < 4.78 is 4.51. The highest BCUT2D eigenvalue weighted by molar-refractivity contribution is 7.99. The Kier molecular flexibility index (Phi) is 6.39. The van der Waals surface area contributed by atoms with E-state index in [1.807, 2.05) is 13.8 Å². The van der Waals surface area contributed by atoms with Gasteiger partial charge in [0.15, 0.2) is 0 Å². The molecule has 0 saturated carbocycles. The molecule has 0 atom stereocenters. The zero-order valence-corrected chi connectivity index (χ0v) is 9.82. The van der Waals surface area contributed by atoms with E-state index in [9.17, 15) is 4.79 Å². The minimum Gasteiger partial charge on any atom is -0.469 e. The largest absolute Gasteiger partial charge is 0.469 e. The molecule has 0 aliphatic carbocycles. The molecule has 0 aliphatic rings. The van der Waals surface area contributed by atoms with Crippen molar-refractivity contribution in [3.63, 3.8) is 0 Å². The number of carbonyl (C=O) groups is 1. The van der Waals surface area contributed by atoms with Crippen molar-refractivity contribution in [1.82, 2.24) is 0 Å². The van der Waals surface area contributed by atoms with Gasteiger partial charge in [0.25, 0.3) is 0 Å². The van der Waals surface area contributed by atoms with E-state index in [1.165, 1.54) is 7.11 Å². The summed E-state index contributed by atoms with van der Waals surface area (Å²) in [7, 11) is 1.39. The van der Waals surface area contributed by atoms with Crippen molar-refractivity contribution in [3.05, 3.63) is 0 Å². The lowest BCUT2D eigenvalue weighted by atomic mass is 9.93. The van der Waals surface area contributed by atoms with Gasteiger partial charge in [-0.2, -0.15) is 17.0 Å². The number of hydrogen-bond donors (Lipinski definition) is 0. The maximum atomic E-state index is 10.7. The van der Waals surface area contributed by atoms with Gasteiger partial charge in [-0.05, 0) is 26.0 Å². The molecule has 3 nitrogen and oxygen atoms in total. The molecule has 0 aromatic rings. The second-order valence-electron chi connectivity index (χ2n) is 3.68. The van der Waals surface area contributed by atoms with Crippen molar-refractivity contribution in [2.24, 2.45) is 5.41 Å². The van der Waals surface area contributed by atoms with Crippen LogP contribution in [-0.2, 0) is 9.53 Å². The van der Waals surface area contributed by atoms with E-state index in [2.05, 4.69) is 10.8 Å². The van der Waals surface area contributed by atoms with Crippen LogP contribution in [0.1, 0.15) is 26.7 Å². The number of nitrogens with zero attached hydrogens (tertiary/aromatic N) is 1. The fraction of sp³-hybridized carbons (Fsp3) is 0.800. The molecule has 0 aromatic heterocycles. The normalized spacial score (nSPS) is 10.7. The predicted molar refractivity (Wildman–Crippen MR) is 58.0 cm³/mol. The maximum absolute atomic E-state index is 10.7. The molecule has 0 aromatic carbocycles. The number of methoxy groups -OCH3 is 1. The molecule has 0 rings (SSSR count). The molecule has 0 unspecified atom stereocenters. The van der Waals surface area contributed by atoms with Crippen LogP contribution in [0, 0.1) is 16.7 Å². The van der Waals surface area contributed by atoms with E-state index in [1.54, 1.807) is 11.8 Å². The third-order valence-electron chi connectivity index (χ3n) is 1.85. The summed E-state index contributed by atoms with van der Waals surface area (Å²) in [5.74, 6) is 1.52. The Labute approximate surface area is 89.8 Å². The first-order chi connectivity index (χ1) is 6.52. The standard InChI is InChI=1S/C10H17NO2S/c1-10(2,8-11)5-7-14-6-4-9(12)13-3/h4-7H2,1-3H3. The molecule has 0 spiro atoms. The number of rotatable bonds is 6. The van der Waals surface area contributed by atoms with Gasteiger partial charge in [0.2, 0.25) is 0 Å². The van der Waals surface area contributed by atoms with Gasteiger partial charge < -0.3 is 4.74 Å². The molecular weight excluding hydrogens is 198 g/mol. The Hall–Kier alpha value is -0.690. The van der Waals surface area contributed by atoms with Crippen molar-refractivity contribution < 1.29 is 9.53 Å². The molecule has 0 aliphatic heterocycles. The smallest absolute Gasteiger partial charge is 0.306 e. The number of hydrogen-bond acceptors (Lipinski definition) is 4. The zero-order valence-electron chi connectivity index (χ0n) is 9.00. The molecule has 0 saturated heterocycles. The summed E-state index contributed by atoms with van der Waals surface area (Å²) in [5.41, 5.74) is -0.252. The summed E-state index contributed by atoms with van der Waals surface area (Å²) in [6.07, 6.45) is 1.31. The Morgan fingerprint density at radius 2 is 2.14 bits per heavy atom. The second kappa shape index (κ2) is 6.72. The minimum absolute atomic E-state index is 0.169. The van der Waals surface area contributed by atoms with Crippen LogP contribution in [0.2, 0.25) is 0 Å². The van der Waals surface area contributed by atoms with E-state index in [-0.39, 0.29) is 11.4 Å². The fourth-order valence-corrected chi connectivity index (χ4v) is 1.91. The molecule has 0 radical (unpaired) electrons. The van der Waals surface area contributed by atoms with Gasteiger partial charge in [0, 0.05) is 5.75 Å². The first kappa shape index (κ1) is 13.3. The highest BCUT2D eigenvalue weighted by atomic mass is 32.2. The van der Waals surface area contributed by atoms with Gasteiger partial charge in [-0.3, -0.25) is 4.79 Å². The number of ether oxygens (including phenoxy) is 1. The monoisotopic (exact) mass is 215 g/mol. The molecule has 14 heavy (non-hydrogen) atoms. The highest BCUT2D eigenvalue weighted by Gasteiger charge is 2.15. The summed E-state index contributed by atoms with van der Waals surface area (Å²) in [4.78, 5) is 10.7. The minimum atomic E-state index is -0.252. The van der Waals surface area contributed by atoms with Crippen molar-refractivity contribution in [2.45, 2.75) is 26.7 Å². The molecule has 80 valence electrons. The van der Waals surface area contributed by atoms with Gasteiger partial charge in [0.1, 0.15) is 0 Å². The summed E-state index contributed by atoms with van der Waals surface area (Å²) in [6.45, 7) is 3.85. The zero-order chi connectivity index (χ0) is 11.0. The lowest BCUT2D eigenvalue weighted by molar-refractivity contribution is -0.140. The van der Waals surface area contributed by atoms with Crippen molar-refractivity contribution in [3.8, 4) is 6.07 Å². The molecule has 4 heteroatoms. The van der Waals surface area contributed by atoms with Crippen LogP contribution in [0.15, 0.2) is 0 Å². The topological polar surface area (TPSA) is 50.1 Å². The van der Waals surface area contributed by atoms with Crippen LogP contribution in [0.3, 0.4) is 0 Å². The van der Waals surface area contributed by atoms with Crippen LogP contribution < -0.4 is 0 Å². The molecular formula is C10H17NO2S. The lowest BCUT2D eigenvalue weighted by Gasteiger charge is -2.13. The van der Waals surface area contributed by atoms with Crippen molar-refractivity contribution >= 4 is 17.7 Å². The van der Waals surface area contributed by atoms with Crippen LogP contribution in [-0.4, -0.2) is 24.6 Å². The quantitative estimate of drug-likeness (QED) is 0.503. The average Bonchev–Trinajstić information content (AvgIpc) is 2.17. The van der Waals surface area contributed by atoms with Crippen LogP contribution in [0.25, 0.3) is 0 Å². The highest BCUT2D eigenvalue weighted by Crippen LogP contribution is 2.21. The molecule has 0 amide bonds. The molecule has 0 N–H and O–H groups in total. The van der Waals surface area contributed by atoms with E-state index in [0.29, 0.717) is 6.42 Å². The predicted octanol–water partition coefficient (Wildman–Crippen LogP) is 2.22. The summed E-state index contributed by atoms with van der Waals surface area (Å²) in [6, 6.07) is 2.25. The SMILES string of the molecule is COC(=O)CCSCCC(C)(C)C#N. The Bertz CT molecular complexity index is 221. The number of esters is 1. The molecule has 0 bridgehead atoms. The van der Waals surface area contributed by atoms with E-state index < -0.39 is 0 Å². The Morgan fingerprint density at radius 1 is 1.50 bits per heavy atom. The van der Waals surface area contributed by atoms with Gasteiger partial charge >= 0.3 is 5.97 Å². The Morgan fingerprint density at radius 3 is 2.64 bits per heavy atom. The summed E-state index contributed by atoms with van der Waals surface area (Å²) in [5, 5.41) is 8.74. The second-order valence-corrected chi connectivity index (χ2v) is 4.91. The summed E-state index contributed by atoms with van der Waals surface area (Å²) >= 11 is 1.69.